The van der Waals surface area contributed by atoms with Crippen LogP contribution in [0.5, 0.6) is 5.75 Å². The summed E-state index contributed by atoms with van der Waals surface area (Å²) in [4.78, 5) is 10.1. The number of hydrogen-bond donors (Lipinski definition) is 2. The zero-order valence-corrected chi connectivity index (χ0v) is 9.22. The molecular formula is C11H16N2O3. The maximum Gasteiger partial charge on any atom is 0.270 e. The maximum absolute atomic E-state index is 10.6. The average molecular weight is 224 g/mol. The van der Waals surface area contributed by atoms with E-state index in [2.05, 4.69) is 0 Å². The highest BCUT2D eigenvalue weighted by molar-refractivity contribution is 5.44. The quantitative estimate of drug-likeness (QED) is 0.594. The molecule has 0 bridgehead atoms. The van der Waals surface area contributed by atoms with Gasteiger partial charge < -0.3 is 10.8 Å². The first-order valence-electron chi connectivity index (χ1n) is 5.29. The third-order valence-electron chi connectivity index (χ3n) is 2.49. The van der Waals surface area contributed by atoms with Gasteiger partial charge in [0, 0.05) is 23.7 Å². The van der Waals surface area contributed by atoms with E-state index in [1.165, 1.54) is 18.2 Å². The van der Waals surface area contributed by atoms with Crippen LogP contribution in [-0.2, 0) is 0 Å². The van der Waals surface area contributed by atoms with Crippen molar-refractivity contribution >= 4 is 5.69 Å². The summed E-state index contributed by atoms with van der Waals surface area (Å²) in [6, 6.07) is 3.58. The summed E-state index contributed by atoms with van der Waals surface area (Å²) in [6.07, 6.45) is 2.65. The summed E-state index contributed by atoms with van der Waals surface area (Å²) in [6.45, 7) is 2.04. The molecule has 5 heteroatoms. The molecule has 0 unspecified atom stereocenters. The summed E-state index contributed by atoms with van der Waals surface area (Å²) < 4.78 is 0. The molecule has 3 N–H and O–H groups in total. The Hall–Kier alpha value is -1.62. The predicted molar refractivity (Wildman–Crippen MR) is 61.2 cm³/mol. The first-order valence-corrected chi connectivity index (χ1v) is 5.29. The molecule has 5 nitrogen and oxygen atoms in total. The van der Waals surface area contributed by atoms with Crippen LogP contribution in [0.4, 0.5) is 5.69 Å². The smallest absolute Gasteiger partial charge is 0.270 e. The van der Waals surface area contributed by atoms with Crippen LogP contribution in [0.15, 0.2) is 18.2 Å². The van der Waals surface area contributed by atoms with Crippen molar-refractivity contribution in [3.05, 3.63) is 33.9 Å². The van der Waals surface area contributed by atoms with E-state index in [-0.39, 0.29) is 17.5 Å². The minimum absolute atomic E-state index is 0.0224. The summed E-state index contributed by atoms with van der Waals surface area (Å²) in [5, 5.41) is 20.2. The molecule has 0 radical (unpaired) electrons. The molecule has 0 aliphatic rings. The summed E-state index contributed by atoms with van der Waals surface area (Å²) in [5.74, 6) is 0.0224. The lowest BCUT2D eigenvalue weighted by atomic mass is 10.0. The number of rotatable bonds is 5. The fourth-order valence-electron chi connectivity index (χ4n) is 1.53. The van der Waals surface area contributed by atoms with E-state index in [9.17, 15) is 15.2 Å². The Labute approximate surface area is 94.0 Å². The van der Waals surface area contributed by atoms with Crippen LogP contribution in [0.2, 0.25) is 0 Å². The lowest BCUT2D eigenvalue weighted by molar-refractivity contribution is -0.385. The third kappa shape index (κ3) is 2.93. The Bertz CT molecular complexity index is 379. The number of phenolic OH excluding ortho intramolecular Hbond substituents is 1. The van der Waals surface area contributed by atoms with E-state index >= 15 is 0 Å². The van der Waals surface area contributed by atoms with E-state index in [1.807, 2.05) is 6.92 Å². The Balaban J connectivity index is 2.92. The lowest BCUT2D eigenvalue weighted by Crippen LogP contribution is -2.10. The minimum atomic E-state index is -0.491. The van der Waals surface area contributed by atoms with Gasteiger partial charge in [-0.15, -0.1) is 0 Å². The molecule has 88 valence electrons. The van der Waals surface area contributed by atoms with Crippen molar-refractivity contribution in [2.75, 3.05) is 0 Å². The number of benzene rings is 1. The van der Waals surface area contributed by atoms with Gasteiger partial charge >= 0.3 is 0 Å². The maximum atomic E-state index is 10.6. The lowest BCUT2D eigenvalue weighted by Gasteiger charge is -2.12. The highest BCUT2D eigenvalue weighted by atomic mass is 16.6. The van der Waals surface area contributed by atoms with Gasteiger partial charge in [0.15, 0.2) is 0 Å². The van der Waals surface area contributed by atoms with Gasteiger partial charge in [-0.1, -0.05) is 19.8 Å². The minimum Gasteiger partial charge on any atom is -0.508 e. The second-order valence-corrected chi connectivity index (χ2v) is 3.75. The summed E-state index contributed by atoms with van der Waals surface area (Å²) >= 11 is 0. The molecule has 0 saturated carbocycles. The molecule has 1 rings (SSSR count). The summed E-state index contributed by atoms with van der Waals surface area (Å²) in [5.41, 5.74) is 6.27. The standard InChI is InChI=1S/C11H16N2O3/c1-2-3-4-10(12)9-7-8(13(15)16)5-6-11(9)14/h5-7,10,14H,2-4,12H2,1H3/t10-/m0/s1. The number of nitrogens with zero attached hydrogens (tertiary/aromatic N) is 1. The fourth-order valence-corrected chi connectivity index (χ4v) is 1.53. The molecule has 1 atom stereocenters. The Kier molecular flexibility index (Phi) is 4.25. The van der Waals surface area contributed by atoms with Crippen molar-refractivity contribution in [3.8, 4) is 5.75 Å². The van der Waals surface area contributed by atoms with E-state index in [0.29, 0.717) is 12.0 Å². The monoisotopic (exact) mass is 224 g/mol. The number of nitro groups is 1. The van der Waals surface area contributed by atoms with Crippen molar-refractivity contribution in [1.29, 1.82) is 0 Å². The SMILES string of the molecule is CCCC[C@H](N)c1cc([N+](=O)[O-])ccc1O. The number of non-ortho nitro benzene ring substituents is 1. The topological polar surface area (TPSA) is 89.4 Å². The molecule has 0 aromatic heterocycles. The van der Waals surface area contributed by atoms with Crippen LogP contribution in [-0.4, -0.2) is 10.0 Å². The normalized spacial score (nSPS) is 12.4. The van der Waals surface area contributed by atoms with E-state index in [1.54, 1.807) is 0 Å². The van der Waals surface area contributed by atoms with Gasteiger partial charge in [0.05, 0.1) is 4.92 Å². The third-order valence-corrected chi connectivity index (χ3v) is 2.49. The van der Waals surface area contributed by atoms with Crippen molar-refractivity contribution in [2.24, 2.45) is 5.73 Å². The van der Waals surface area contributed by atoms with Gasteiger partial charge in [-0.25, -0.2) is 0 Å². The van der Waals surface area contributed by atoms with Gasteiger partial charge in [-0.3, -0.25) is 10.1 Å². The number of nitrogens with two attached hydrogens (primary N) is 1. The molecule has 0 amide bonds. The highest BCUT2D eigenvalue weighted by Crippen LogP contribution is 2.29. The van der Waals surface area contributed by atoms with Crippen molar-refractivity contribution < 1.29 is 10.0 Å². The second kappa shape index (κ2) is 5.46. The van der Waals surface area contributed by atoms with Gasteiger partial charge in [0.25, 0.3) is 5.69 Å². The molecule has 16 heavy (non-hydrogen) atoms. The van der Waals surface area contributed by atoms with Crippen LogP contribution in [0.25, 0.3) is 0 Å². The van der Waals surface area contributed by atoms with Gasteiger partial charge in [0.1, 0.15) is 5.75 Å². The van der Waals surface area contributed by atoms with Crippen molar-refractivity contribution in [3.63, 3.8) is 0 Å². The highest BCUT2D eigenvalue weighted by Gasteiger charge is 2.15. The van der Waals surface area contributed by atoms with Gasteiger partial charge in [-0.2, -0.15) is 0 Å². The van der Waals surface area contributed by atoms with Crippen molar-refractivity contribution in [1.82, 2.24) is 0 Å². The first-order chi connectivity index (χ1) is 7.56. The summed E-state index contributed by atoms with van der Waals surface area (Å²) in [7, 11) is 0. The van der Waals surface area contributed by atoms with E-state index in [4.69, 9.17) is 5.73 Å². The van der Waals surface area contributed by atoms with E-state index < -0.39 is 4.92 Å². The molecule has 1 aromatic carbocycles. The largest absolute Gasteiger partial charge is 0.508 e. The predicted octanol–water partition coefficient (Wildman–Crippen LogP) is 2.49. The molecule has 0 spiro atoms. The van der Waals surface area contributed by atoms with Crippen molar-refractivity contribution in [2.45, 2.75) is 32.2 Å². The first kappa shape index (κ1) is 12.4. The molecule has 0 aliphatic carbocycles. The zero-order valence-electron chi connectivity index (χ0n) is 9.22. The molecule has 0 aliphatic heterocycles. The van der Waals surface area contributed by atoms with Crippen LogP contribution in [0.1, 0.15) is 37.8 Å². The second-order valence-electron chi connectivity index (χ2n) is 3.75. The zero-order chi connectivity index (χ0) is 12.1. The molecular weight excluding hydrogens is 208 g/mol. The molecule has 0 saturated heterocycles. The van der Waals surface area contributed by atoms with Crippen LogP contribution < -0.4 is 5.73 Å². The average Bonchev–Trinajstić information content (AvgIpc) is 2.26. The Morgan fingerprint density at radius 3 is 2.81 bits per heavy atom. The number of unbranched alkanes of at least 4 members (excludes halogenated alkanes) is 1. The number of nitro benzene ring substituents is 1. The van der Waals surface area contributed by atoms with E-state index in [0.717, 1.165) is 12.8 Å². The van der Waals surface area contributed by atoms with Crippen LogP contribution in [0.3, 0.4) is 0 Å². The van der Waals surface area contributed by atoms with Crippen LogP contribution >= 0.6 is 0 Å². The molecule has 0 fully saturated rings. The molecule has 0 heterocycles. The van der Waals surface area contributed by atoms with Gasteiger partial charge in [0.2, 0.25) is 0 Å². The number of hydrogen-bond acceptors (Lipinski definition) is 4. The van der Waals surface area contributed by atoms with Crippen LogP contribution in [0, 0.1) is 10.1 Å². The molecule has 1 aromatic rings. The van der Waals surface area contributed by atoms with Gasteiger partial charge in [-0.05, 0) is 12.5 Å². The Morgan fingerprint density at radius 1 is 1.56 bits per heavy atom. The Morgan fingerprint density at radius 2 is 2.25 bits per heavy atom. The fraction of sp³-hybridized carbons (Fsp3) is 0.455. The number of phenols is 1. The number of aromatic hydroxyl groups is 1.